The van der Waals surface area contributed by atoms with E-state index in [0.717, 1.165) is 12.3 Å². The summed E-state index contributed by atoms with van der Waals surface area (Å²) < 4.78 is 31.6. The SMILES string of the molecule is Cc1noc(C)c1S(=O)(=O)N(C)CC[C@H]1CCC[C@H](C)C1. The van der Waals surface area contributed by atoms with E-state index < -0.39 is 10.0 Å². The third-order valence-corrected chi connectivity index (χ3v) is 6.64. The van der Waals surface area contributed by atoms with Gasteiger partial charge in [0.05, 0.1) is 0 Å². The van der Waals surface area contributed by atoms with Gasteiger partial charge >= 0.3 is 0 Å². The molecule has 0 aromatic carbocycles. The lowest BCUT2D eigenvalue weighted by molar-refractivity contribution is 0.257. The summed E-state index contributed by atoms with van der Waals surface area (Å²) in [4.78, 5) is 0.224. The molecule has 1 aliphatic rings. The molecule has 1 fully saturated rings. The summed E-state index contributed by atoms with van der Waals surface area (Å²) in [7, 11) is -1.85. The molecule has 2 atom stereocenters. The standard InChI is InChI=1S/C15H26N2O3S/c1-11-6-5-7-14(10-11)8-9-17(4)21(18,19)15-12(2)16-20-13(15)3/h11,14H,5-10H2,1-4H3/t11-,14+/m0/s1. The molecule has 1 heterocycles. The van der Waals surface area contributed by atoms with E-state index in [9.17, 15) is 8.42 Å². The highest BCUT2D eigenvalue weighted by Gasteiger charge is 2.29. The van der Waals surface area contributed by atoms with Crippen LogP contribution in [-0.4, -0.2) is 31.5 Å². The molecule has 6 heteroatoms. The van der Waals surface area contributed by atoms with Crippen molar-refractivity contribution < 1.29 is 12.9 Å². The highest BCUT2D eigenvalue weighted by atomic mass is 32.2. The van der Waals surface area contributed by atoms with Crippen molar-refractivity contribution in [1.82, 2.24) is 9.46 Å². The highest BCUT2D eigenvalue weighted by Crippen LogP contribution is 2.31. The fourth-order valence-corrected chi connectivity index (χ4v) is 4.77. The Hall–Kier alpha value is -0.880. The topological polar surface area (TPSA) is 63.4 Å². The van der Waals surface area contributed by atoms with Crippen molar-refractivity contribution in [3.63, 3.8) is 0 Å². The second kappa shape index (κ2) is 6.48. The van der Waals surface area contributed by atoms with Gasteiger partial charge in [-0.15, -0.1) is 0 Å². The maximum atomic E-state index is 12.6. The molecular formula is C15H26N2O3S. The zero-order chi connectivity index (χ0) is 15.6. The summed E-state index contributed by atoms with van der Waals surface area (Å²) in [5.74, 6) is 1.79. The van der Waals surface area contributed by atoms with Gasteiger partial charge in [0.25, 0.3) is 0 Å². The number of nitrogens with zero attached hydrogens (tertiary/aromatic N) is 2. The van der Waals surface area contributed by atoms with Gasteiger partial charge in [0, 0.05) is 13.6 Å². The second-order valence-corrected chi connectivity index (χ2v) is 8.39. The van der Waals surface area contributed by atoms with E-state index in [1.54, 1.807) is 20.9 Å². The Balaban J connectivity index is 2.01. The van der Waals surface area contributed by atoms with Crippen molar-refractivity contribution in [1.29, 1.82) is 0 Å². The molecule has 0 radical (unpaired) electrons. The smallest absolute Gasteiger partial charge is 0.248 e. The van der Waals surface area contributed by atoms with E-state index in [0.29, 0.717) is 23.9 Å². The van der Waals surface area contributed by atoms with Crippen molar-refractivity contribution in [3.8, 4) is 0 Å². The minimum absolute atomic E-state index is 0.224. The molecule has 0 aliphatic heterocycles. The maximum Gasteiger partial charge on any atom is 0.248 e. The molecule has 1 saturated carbocycles. The first-order chi connectivity index (χ1) is 9.82. The van der Waals surface area contributed by atoms with E-state index in [4.69, 9.17) is 4.52 Å². The molecule has 5 nitrogen and oxygen atoms in total. The molecule has 0 unspecified atom stereocenters. The van der Waals surface area contributed by atoms with Crippen LogP contribution in [-0.2, 0) is 10.0 Å². The Morgan fingerprint density at radius 3 is 2.62 bits per heavy atom. The summed E-state index contributed by atoms with van der Waals surface area (Å²) >= 11 is 0. The first-order valence-electron chi connectivity index (χ1n) is 7.71. The Labute approximate surface area is 127 Å². The van der Waals surface area contributed by atoms with Crippen molar-refractivity contribution in [3.05, 3.63) is 11.5 Å². The van der Waals surface area contributed by atoms with Crippen molar-refractivity contribution >= 4 is 10.0 Å². The van der Waals surface area contributed by atoms with Crippen LogP contribution in [0.1, 0.15) is 50.5 Å². The first kappa shape index (κ1) is 16.5. The largest absolute Gasteiger partial charge is 0.360 e. The van der Waals surface area contributed by atoms with Gasteiger partial charge in [-0.25, -0.2) is 12.7 Å². The molecule has 1 aromatic rings. The van der Waals surface area contributed by atoms with Gasteiger partial charge in [-0.2, -0.15) is 0 Å². The molecule has 1 aromatic heterocycles. The molecule has 120 valence electrons. The number of hydrogen-bond donors (Lipinski definition) is 0. The van der Waals surface area contributed by atoms with Gasteiger partial charge < -0.3 is 4.52 Å². The lowest BCUT2D eigenvalue weighted by Gasteiger charge is -2.28. The number of hydrogen-bond acceptors (Lipinski definition) is 4. The van der Waals surface area contributed by atoms with E-state index in [2.05, 4.69) is 12.1 Å². The average molecular weight is 314 g/mol. The van der Waals surface area contributed by atoms with Crippen LogP contribution in [0.3, 0.4) is 0 Å². The first-order valence-corrected chi connectivity index (χ1v) is 9.15. The van der Waals surface area contributed by atoms with Crippen LogP contribution in [0.2, 0.25) is 0 Å². The van der Waals surface area contributed by atoms with Crippen molar-refractivity contribution in [2.75, 3.05) is 13.6 Å². The third-order valence-electron chi connectivity index (χ3n) is 4.53. The molecule has 0 saturated heterocycles. The molecule has 0 bridgehead atoms. The molecule has 0 spiro atoms. The van der Waals surface area contributed by atoms with Crippen LogP contribution in [0.4, 0.5) is 0 Å². The van der Waals surface area contributed by atoms with Crippen molar-refractivity contribution in [2.24, 2.45) is 11.8 Å². The minimum atomic E-state index is -3.49. The van der Waals surface area contributed by atoms with Crippen LogP contribution < -0.4 is 0 Å². The average Bonchev–Trinajstić information content (AvgIpc) is 2.76. The van der Waals surface area contributed by atoms with Gasteiger partial charge in [0.2, 0.25) is 10.0 Å². The molecule has 1 aliphatic carbocycles. The number of sulfonamides is 1. The van der Waals surface area contributed by atoms with Gasteiger partial charge in [-0.05, 0) is 38.5 Å². The number of aryl methyl sites for hydroxylation is 2. The van der Waals surface area contributed by atoms with E-state index in [1.807, 2.05) is 0 Å². The lowest BCUT2D eigenvalue weighted by Crippen LogP contribution is -2.30. The van der Waals surface area contributed by atoms with Gasteiger partial charge in [0.1, 0.15) is 10.6 Å². The fourth-order valence-electron chi connectivity index (χ4n) is 3.31. The summed E-state index contributed by atoms with van der Waals surface area (Å²) in [6, 6.07) is 0. The molecule has 21 heavy (non-hydrogen) atoms. The van der Waals surface area contributed by atoms with E-state index >= 15 is 0 Å². The maximum absolute atomic E-state index is 12.6. The molecule has 0 N–H and O–H groups in total. The van der Waals surface area contributed by atoms with Crippen LogP contribution in [0.5, 0.6) is 0 Å². The van der Waals surface area contributed by atoms with Crippen LogP contribution in [0.25, 0.3) is 0 Å². The van der Waals surface area contributed by atoms with Gasteiger partial charge in [-0.1, -0.05) is 31.3 Å². The molecule has 0 amide bonds. The minimum Gasteiger partial charge on any atom is -0.360 e. The normalized spacial score (nSPS) is 23.7. The Kier molecular flexibility index (Phi) is 5.09. The predicted molar refractivity (Wildman–Crippen MR) is 81.5 cm³/mol. The van der Waals surface area contributed by atoms with E-state index in [-0.39, 0.29) is 4.90 Å². The second-order valence-electron chi connectivity index (χ2n) is 6.41. The predicted octanol–water partition coefficient (Wildman–Crippen LogP) is 3.13. The van der Waals surface area contributed by atoms with Gasteiger partial charge in [0.15, 0.2) is 5.76 Å². The van der Waals surface area contributed by atoms with Crippen LogP contribution in [0, 0.1) is 25.7 Å². The lowest BCUT2D eigenvalue weighted by atomic mass is 9.81. The van der Waals surface area contributed by atoms with E-state index in [1.165, 1.54) is 30.0 Å². The number of rotatable bonds is 5. The third kappa shape index (κ3) is 3.66. The molecular weight excluding hydrogens is 288 g/mol. The van der Waals surface area contributed by atoms with Gasteiger partial charge in [-0.3, -0.25) is 0 Å². The zero-order valence-corrected chi connectivity index (χ0v) is 14.2. The van der Waals surface area contributed by atoms with Crippen molar-refractivity contribution in [2.45, 2.75) is 57.8 Å². The molecule has 2 rings (SSSR count). The Morgan fingerprint density at radius 2 is 2.05 bits per heavy atom. The van der Waals surface area contributed by atoms with Crippen LogP contribution >= 0.6 is 0 Å². The summed E-state index contributed by atoms with van der Waals surface area (Å²) in [6.07, 6.45) is 5.96. The number of aromatic nitrogens is 1. The fraction of sp³-hybridized carbons (Fsp3) is 0.800. The summed E-state index contributed by atoms with van der Waals surface area (Å²) in [6.45, 7) is 6.16. The zero-order valence-electron chi connectivity index (χ0n) is 13.4. The summed E-state index contributed by atoms with van der Waals surface area (Å²) in [5, 5.41) is 3.74. The van der Waals surface area contributed by atoms with Crippen LogP contribution in [0.15, 0.2) is 9.42 Å². The quantitative estimate of drug-likeness (QED) is 0.837. The summed E-state index contributed by atoms with van der Waals surface area (Å²) in [5.41, 5.74) is 0.436. The Bertz CT molecular complexity index is 560. The highest BCUT2D eigenvalue weighted by molar-refractivity contribution is 7.89. The monoisotopic (exact) mass is 314 g/mol. The Morgan fingerprint density at radius 1 is 1.33 bits per heavy atom.